The zero-order valence-electron chi connectivity index (χ0n) is 13.5. The summed E-state index contributed by atoms with van der Waals surface area (Å²) in [5.41, 5.74) is 3.03. The molecule has 1 aliphatic rings. The Morgan fingerprint density at radius 3 is 2.80 bits per heavy atom. The first-order valence-corrected chi connectivity index (χ1v) is 9.90. The van der Waals surface area contributed by atoms with Crippen LogP contribution in [0.1, 0.15) is 5.56 Å². The van der Waals surface area contributed by atoms with Crippen LogP contribution in [-0.4, -0.2) is 29.0 Å². The van der Waals surface area contributed by atoms with Crippen LogP contribution in [0.5, 0.6) is 0 Å². The highest BCUT2D eigenvalue weighted by molar-refractivity contribution is 8.14. The number of rotatable bonds is 5. The van der Waals surface area contributed by atoms with E-state index in [1.165, 1.54) is 17.7 Å². The van der Waals surface area contributed by atoms with E-state index >= 15 is 0 Å². The van der Waals surface area contributed by atoms with Gasteiger partial charge in [0.15, 0.2) is 10.3 Å². The molecule has 0 aliphatic carbocycles. The number of aliphatic imine (C=N–C) groups is 1. The average molecular weight is 372 g/mol. The van der Waals surface area contributed by atoms with Crippen LogP contribution in [0, 0.1) is 5.82 Å². The van der Waals surface area contributed by atoms with E-state index in [0.717, 1.165) is 45.9 Å². The molecule has 0 radical (unpaired) electrons. The molecule has 3 aromatic rings. The van der Waals surface area contributed by atoms with Crippen molar-refractivity contribution in [1.82, 2.24) is 4.98 Å². The minimum Gasteiger partial charge on any atom is -0.361 e. The predicted molar refractivity (Wildman–Crippen MR) is 107 cm³/mol. The molecule has 0 fully saturated rings. The molecule has 0 saturated heterocycles. The van der Waals surface area contributed by atoms with Gasteiger partial charge in [0.2, 0.25) is 0 Å². The van der Waals surface area contributed by atoms with E-state index in [0.29, 0.717) is 5.52 Å². The molecule has 0 amide bonds. The van der Waals surface area contributed by atoms with E-state index in [2.05, 4.69) is 44.9 Å². The lowest BCUT2D eigenvalue weighted by Gasteiger charge is -2.07. The fraction of sp³-hybridized carbons (Fsp3) is 0.222. The first-order valence-electron chi connectivity index (χ1n) is 8.09. The predicted octanol–water partition coefficient (Wildman–Crippen LogP) is 4.60. The average Bonchev–Trinajstić information content (AvgIpc) is 3.25. The molecule has 0 saturated carbocycles. The molecule has 128 valence electrons. The zero-order chi connectivity index (χ0) is 17.1. The molecule has 2 aromatic carbocycles. The highest BCUT2D eigenvalue weighted by atomic mass is 32.2. The first-order chi connectivity index (χ1) is 12.3. The molecule has 2 heterocycles. The maximum Gasteiger partial charge on any atom is 0.183 e. The Kier molecular flexibility index (Phi) is 4.85. The van der Waals surface area contributed by atoms with Crippen molar-refractivity contribution < 1.29 is 4.39 Å². The van der Waals surface area contributed by atoms with E-state index in [1.54, 1.807) is 29.2 Å². The van der Waals surface area contributed by atoms with Gasteiger partial charge in [-0.3, -0.25) is 4.99 Å². The molecular formula is C18H17FN4S2. The highest BCUT2D eigenvalue weighted by Gasteiger charge is 2.07. The Morgan fingerprint density at radius 2 is 2.00 bits per heavy atom. The molecule has 0 unspecified atom stereocenters. The minimum absolute atomic E-state index is 0.250. The van der Waals surface area contributed by atoms with Crippen LogP contribution in [0.25, 0.3) is 10.2 Å². The van der Waals surface area contributed by atoms with Crippen LogP contribution < -0.4 is 10.6 Å². The second-order valence-electron chi connectivity index (χ2n) is 5.67. The summed E-state index contributed by atoms with van der Waals surface area (Å²) >= 11 is 3.30. The molecule has 2 N–H and O–H groups in total. The van der Waals surface area contributed by atoms with Crippen LogP contribution >= 0.6 is 23.1 Å². The molecule has 4 rings (SSSR count). The van der Waals surface area contributed by atoms with Gasteiger partial charge in [0.1, 0.15) is 5.82 Å². The van der Waals surface area contributed by atoms with Gasteiger partial charge in [0.25, 0.3) is 0 Å². The third-order valence-corrected chi connectivity index (χ3v) is 5.72. The second-order valence-corrected chi connectivity index (χ2v) is 7.78. The van der Waals surface area contributed by atoms with Crippen LogP contribution in [0.15, 0.2) is 47.5 Å². The van der Waals surface area contributed by atoms with Gasteiger partial charge in [0, 0.05) is 24.1 Å². The van der Waals surface area contributed by atoms with Crippen LogP contribution in [0.2, 0.25) is 0 Å². The molecule has 0 spiro atoms. The number of anilines is 2. The molecular weight excluding hydrogens is 355 g/mol. The topological polar surface area (TPSA) is 49.3 Å². The number of thiazole rings is 1. The van der Waals surface area contributed by atoms with Gasteiger partial charge < -0.3 is 10.6 Å². The quantitative estimate of drug-likeness (QED) is 0.687. The molecule has 0 bridgehead atoms. The molecule has 0 atom stereocenters. The summed E-state index contributed by atoms with van der Waals surface area (Å²) in [7, 11) is 0. The van der Waals surface area contributed by atoms with E-state index in [9.17, 15) is 4.39 Å². The SMILES string of the molecule is Fc1ccc2sc(NCCc3ccc(NC4=NCCS4)cc3)nc2c1. The van der Waals surface area contributed by atoms with Crippen molar-refractivity contribution in [2.24, 2.45) is 4.99 Å². The van der Waals surface area contributed by atoms with Crippen LogP contribution in [-0.2, 0) is 6.42 Å². The molecule has 7 heteroatoms. The van der Waals surface area contributed by atoms with Crippen molar-refractivity contribution in [3.05, 3.63) is 53.8 Å². The number of aromatic nitrogens is 1. The minimum atomic E-state index is -0.250. The standard InChI is InChI=1S/C18H17FN4S2/c19-13-3-6-16-15(11-13)23-18(25-16)20-8-7-12-1-4-14(5-2-12)22-17-21-9-10-24-17/h1-6,11H,7-10H2,(H,20,23)(H,21,22). The number of nitrogens with one attached hydrogen (secondary N) is 2. The van der Waals surface area contributed by atoms with Crippen molar-refractivity contribution in [1.29, 1.82) is 0 Å². The van der Waals surface area contributed by atoms with Crippen LogP contribution in [0.3, 0.4) is 0 Å². The summed E-state index contributed by atoms with van der Waals surface area (Å²) in [6.07, 6.45) is 0.903. The van der Waals surface area contributed by atoms with Gasteiger partial charge in [-0.15, -0.1) is 0 Å². The Hall–Kier alpha value is -2.12. The fourth-order valence-corrected chi connectivity index (χ4v) is 4.20. The second kappa shape index (κ2) is 7.41. The molecule has 4 nitrogen and oxygen atoms in total. The van der Waals surface area contributed by atoms with Crippen molar-refractivity contribution in [3.63, 3.8) is 0 Å². The highest BCUT2D eigenvalue weighted by Crippen LogP contribution is 2.26. The monoisotopic (exact) mass is 372 g/mol. The Labute approximate surface area is 153 Å². The maximum absolute atomic E-state index is 13.2. The number of nitrogens with zero attached hydrogens (tertiary/aromatic N) is 2. The van der Waals surface area contributed by atoms with Crippen molar-refractivity contribution in [3.8, 4) is 0 Å². The number of fused-ring (bicyclic) bond motifs is 1. The number of amidine groups is 1. The Morgan fingerprint density at radius 1 is 1.12 bits per heavy atom. The smallest absolute Gasteiger partial charge is 0.183 e. The van der Waals surface area contributed by atoms with Crippen molar-refractivity contribution in [2.75, 3.05) is 29.5 Å². The maximum atomic E-state index is 13.2. The van der Waals surface area contributed by atoms with Gasteiger partial charge in [-0.25, -0.2) is 9.37 Å². The van der Waals surface area contributed by atoms with Gasteiger partial charge in [0.05, 0.1) is 16.8 Å². The lowest BCUT2D eigenvalue weighted by atomic mass is 10.1. The Balaban J connectivity index is 1.31. The van der Waals surface area contributed by atoms with E-state index < -0.39 is 0 Å². The lowest BCUT2D eigenvalue weighted by Crippen LogP contribution is -2.06. The summed E-state index contributed by atoms with van der Waals surface area (Å²) < 4.78 is 14.2. The third-order valence-electron chi connectivity index (χ3n) is 3.83. The first kappa shape index (κ1) is 16.4. The van der Waals surface area contributed by atoms with Gasteiger partial charge in [-0.1, -0.05) is 35.2 Å². The summed E-state index contributed by atoms with van der Waals surface area (Å²) in [6.45, 7) is 1.69. The number of thioether (sulfide) groups is 1. The molecule has 1 aliphatic heterocycles. The number of halogens is 1. The molecule has 1 aromatic heterocycles. The number of hydrogen-bond acceptors (Lipinski definition) is 6. The summed E-state index contributed by atoms with van der Waals surface area (Å²) in [6, 6.07) is 13.1. The largest absolute Gasteiger partial charge is 0.361 e. The van der Waals surface area contributed by atoms with Gasteiger partial charge >= 0.3 is 0 Å². The van der Waals surface area contributed by atoms with Crippen molar-refractivity contribution >= 4 is 49.3 Å². The summed E-state index contributed by atoms with van der Waals surface area (Å²) in [5.74, 6) is 0.810. The lowest BCUT2D eigenvalue weighted by molar-refractivity contribution is 0.629. The normalized spacial score (nSPS) is 13.9. The molecule has 25 heavy (non-hydrogen) atoms. The van der Waals surface area contributed by atoms with Crippen LogP contribution in [0.4, 0.5) is 15.2 Å². The zero-order valence-corrected chi connectivity index (χ0v) is 15.1. The van der Waals surface area contributed by atoms with E-state index in [1.807, 2.05) is 0 Å². The van der Waals surface area contributed by atoms with Crippen molar-refractivity contribution in [2.45, 2.75) is 6.42 Å². The van der Waals surface area contributed by atoms with E-state index in [4.69, 9.17) is 0 Å². The third kappa shape index (κ3) is 4.11. The Bertz CT molecular complexity index is 905. The summed E-state index contributed by atoms with van der Waals surface area (Å²) in [4.78, 5) is 8.81. The number of hydrogen-bond donors (Lipinski definition) is 2. The van der Waals surface area contributed by atoms with Gasteiger partial charge in [-0.05, 0) is 36.2 Å². The van der Waals surface area contributed by atoms with E-state index in [-0.39, 0.29) is 5.82 Å². The van der Waals surface area contributed by atoms with Gasteiger partial charge in [-0.2, -0.15) is 0 Å². The fourth-order valence-electron chi connectivity index (χ4n) is 2.58. The number of benzene rings is 2. The summed E-state index contributed by atoms with van der Waals surface area (Å²) in [5, 5.41) is 8.48.